The SMILES string of the molecule is Cc1cc(-c2cc3ccccc3s2)cc(/C=C/c2cc3ccccc3s2)n1. The number of aryl methyl sites for hydroxylation is 1. The van der Waals surface area contributed by atoms with Crippen molar-refractivity contribution in [3.05, 3.63) is 89.1 Å². The van der Waals surface area contributed by atoms with Gasteiger partial charge in [0, 0.05) is 24.8 Å². The number of hydrogen-bond donors (Lipinski definition) is 0. The first kappa shape index (κ1) is 16.4. The predicted octanol–water partition coefficient (Wildman–Crippen LogP) is 7.66. The van der Waals surface area contributed by atoms with Crippen molar-refractivity contribution in [1.29, 1.82) is 0 Å². The van der Waals surface area contributed by atoms with Gasteiger partial charge in [-0.3, -0.25) is 4.98 Å². The minimum atomic E-state index is 1.000. The highest BCUT2D eigenvalue weighted by Crippen LogP contribution is 2.34. The Labute approximate surface area is 166 Å². The number of rotatable bonds is 3. The predicted molar refractivity (Wildman–Crippen MR) is 121 cm³/mol. The first-order valence-electron chi connectivity index (χ1n) is 8.89. The highest BCUT2D eigenvalue weighted by molar-refractivity contribution is 7.22. The van der Waals surface area contributed by atoms with Gasteiger partial charge in [0.2, 0.25) is 0 Å². The van der Waals surface area contributed by atoms with Crippen molar-refractivity contribution in [3.8, 4) is 10.4 Å². The Hall–Kier alpha value is -2.75. The average Bonchev–Trinajstić information content (AvgIpc) is 3.29. The quantitative estimate of drug-likeness (QED) is 0.312. The molecule has 0 aliphatic rings. The van der Waals surface area contributed by atoms with Crippen molar-refractivity contribution in [3.63, 3.8) is 0 Å². The summed E-state index contributed by atoms with van der Waals surface area (Å²) in [5, 5.41) is 2.60. The van der Waals surface area contributed by atoms with Crippen LogP contribution in [-0.4, -0.2) is 4.98 Å². The summed E-state index contributed by atoms with van der Waals surface area (Å²) in [7, 11) is 0. The number of benzene rings is 2. The lowest BCUT2D eigenvalue weighted by Crippen LogP contribution is -1.87. The lowest BCUT2D eigenvalue weighted by Gasteiger charge is -2.02. The van der Waals surface area contributed by atoms with Crippen LogP contribution in [-0.2, 0) is 0 Å². The van der Waals surface area contributed by atoms with E-state index >= 15 is 0 Å². The fourth-order valence-corrected chi connectivity index (χ4v) is 5.32. The zero-order chi connectivity index (χ0) is 18.2. The van der Waals surface area contributed by atoms with Gasteiger partial charge in [-0.05, 0) is 71.8 Å². The summed E-state index contributed by atoms with van der Waals surface area (Å²) in [6, 6.07) is 25.9. The molecular weight excluding hydrogens is 366 g/mol. The van der Waals surface area contributed by atoms with Gasteiger partial charge in [0.15, 0.2) is 0 Å². The summed E-state index contributed by atoms with van der Waals surface area (Å²) in [6.07, 6.45) is 4.29. The first-order chi connectivity index (χ1) is 13.2. The molecule has 2 aromatic carbocycles. The molecule has 0 fully saturated rings. The molecule has 3 heteroatoms. The largest absolute Gasteiger partial charge is 0.254 e. The second kappa shape index (κ2) is 6.76. The molecule has 0 amide bonds. The molecule has 5 rings (SSSR count). The lowest BCUT2D eigenvalue weighted by atomic mass is 10.1. The molecule has 0 atom stereocenters. The average molecular weight is 384 g/mol. The van der Waals surface area contributed by atoms with Crippen LogP contribution in [0.5, 0.6) is 0 Å². The Morgan fingerprint density at radius 1 is 0.741 bits per heavy atom. The van der Waals surface area contributed by atoms with Crippen LogP contribution in [0.3, 0.4) is 0 Å². The summed E-state index contributed by atoms with van der Waals surface area (Å²) in [4.78, 5) is 7.25. The molecule has 0 radical (unpaired) electrons. The third-order valence-electron chi connectivity index (χ3n) is 4.55. The van der Waals surface area contributed by atoms with Gasteiger partial charge >= 0.3 is 0 Å². The Kier molecular flexibility index (Phi) is 4.12. The van der Waals surface area contributed by atoms with E-state index in [1.54, 1.807) is 0 Å². The van der Waals surface area contributed by atoms with Gasteiger partial charge in [0.1, 0.15) is 0 Å². The molecule has 0 unspecified atom stereocenters. The van der Waals surface area contributed by atoms with Crippen LogP contribution in [0.15, 0.2) is 72.8 Å². The van der Waals surface area contributed by atoms with E-state index in [1.807, 2.05) is 22.7 Å². The molecular formula is C24H17NS2. The molecule has 3 heterocycles. The van der Waals surface area contributed by atoms with Crippen LogP contribution in [0.2, 0.25) is 0 Å². The first-order valence-corrected chi connectivity index (χ1v) is 10.5. The van der Waals surface area contributed by atoms with E-state index in [2.05, 4.69) is 91.9 Å². The topological polar surface area (TPSA) is 12.9 Å². The van der Waals surface area contributed by atoms with Crippen LogP contribution in [0.4, 0.5) is 0 Å². The third-order valence-corrected chi connectivity index (χ3v) is 6.79. The number of thiophene rings is 2. The van der Waals surface area contributed by atoms with Crippen LogP contribution >= 0.6 is 22.7 Å². The number of hydrogen-bond acceptors (Lipinski definition) is 3. The zero-order valence-electron chi connectivity index (χ0n) is 14.8. The van der Waals surface area contributed by atoms with Gasteiger partial charge in [-0.1, -0.05) is 36.4 Å². The molecule has 0 aliphatic heterocycles. The summed E-state index contributed by atoms with van der Waals surface area (Å²) in [6.45, 7) is 2.06. The highest BCUT2D eigenvalue weighted by Gasteiger charge is 2.06. The van der Waals surface area contributed by atoms with Crippen molar-refractivity contribution in [1.82, 2.24) is 4.98 Å². The number of aromatic nitrogens is 1. The van der Waals surface area contributed by atoms with E-state index in [0.29, 0.717) is 0 Å². The van der Waals surface area contributed by atoms with Crippen molar-refractivity contribution < 1.29 is 0 Å². The van der Waals surface area contributed by atoms with Crippen molar-refractivity contribution in [2.45, 2.75) is 6.92 Å². The third kappa shape index (κ3) is 3.32. The van der Waals surface area contributed by atoms with E-state index in [-0.39, 0.29) is 0 Å². The zero-order valence-corrected chi connectivity index (χ0v) is 16.5. The molecule has 3 aromatic heterocycles. The highest BCUT2D eigenvalue weighted by atomic mass is 32.1. The number of nitrogens with zero attached hydrogens (tertiary/aromatic N) is 1. The van der Waals surface area contributed by atoms with Crippen molar-refractivity contribution >= 4 is 55.0 Å². The molecule has 1 nitrogen and oxygen atoms in total. The summed E-state index contributed by atoms with van der Waals surface area (Å²) in [5.74, 6) is 0. The molecule has 130 valence electrons. The molecule has 0 saturated heterocycles. The van der Waals surface area contributed by atoms with Crippen LogP contribution in [0.25, 0.3) is 42.8 Å². The van der Waals surface area contributed by atoms with Gasteiger partial charge in [-0.15, -0.1) is 22.7 Å². The van der Waals surface area contributed by atoms with E-state index < -0.39 is 0 Å². The minimum Gasteiger partial charge on any atom is -0.254 e. The smallest absolute Gasteiger partial charge is 0.0639 e. The second-order valence-electron chi connectivity index (χ2n) is 6.59. The second-order valence-corrected chi connectivity index (χ2v) is 8.79. The van der Waals surface area contributed by atoms with Crippen molar-refractivity contribution in [2.24, 2.45) is 0 Å². The standard InChI is InChI=1S/C24H17NS2/c1-16-12-19(24-15-18-7-3-5-9-23(18)27-24)13-20(25-16)10-11-21-14-17-6-2-4-8-22(17)26-21/h2-15H,1H3/b11-10+. The van der Waals surface area contributed by atoms with Crippen molar-refractivity contribution in [2.75, 3.05) is 0 Å². The summed E-state index contributed by atoms with van der Waals surface area (Å²) in [5.41, 5.74) is 3.28. The summed E-state index contributed by atoms with van der Waals surface area (Å²) >= 11 is 3.65. The van der Waals surface area contributed by atoms with Gasteiger partial charge in [0.05, 0.1) is 5.69 Å². The molecule has 27 heavy (non-hydrogen) atoms. The van der Waals surface area contributed by atoms with Crippen LogP contribution < -0.4 is 0 Å². The Morgan fingerprint density at radius 2 is 1.44 bits per heavy atom. The minimum absolute atomic E-state index is 1.000. The lowest BCUT2D eigenvalue weighted by molar-refractivity contribution is 1.18. The Bertz CT molecular complexity index is 1220. The maximum Gasteiger partial charge on any atom is 0.0639 e. The monoisotopic (exact) mass is 383 g/mol. The maximum absolute atomic E-state index is 4.70. The molecule has 0 saturated carbocycles. The molecule has 0 aliphatic carbocycles. The Balaban J connectivity index is 1.51. The molecule has 0 N–H and O–H groups in total. The number of pyridine rings is 1. The van der Waals surface area contributed by atoms with E-state index in [4.69, 9.17) is 4.98 Å². The number of fused-ring (bicyclic) bond motifs is 2. The van der Waals surface area contributed by atoms with Crippen LogP contribution in [0, 0.1) is 6.92 Å². The van der Waals surface area contributed by atoms with Gasteiger partial charge in [-0.2, -0.15) is 0 Å². The van der Waals surface area contributed by atoms with E-state index in [1.165, 1.54) is 35.5 Å². The fraction of sp³-hybridized carbons (Fsp3) is 0.0417. The van der Waals surface area contributed by atoms with Gasteiger partial charge in [-0.25, -0.2) is 0 Å². The maximum atomic E-state index is 4.70. The molecule has 5 aromatic rings. The van der Waals surface area contributed by atoms with E-state index in [0.717, 1.165) is 11.4 Å². The van der Waals surface area contributed by atoms with Crippen LogP contribution in [0.1, 0.15) is 16.3 Å². The fourth-order valence-electron chi connectivity index (χ4n) is 3.30. The molecule has 0 bridgehead atoms. The normalized spacial score (nSPS) is 11.7. The molecule has 0 spiro atoms. The van der Waals surface area contributed by atoms with Gasteiger partial charge < -0.3 is 0 Å². The van der Waals surface area contributed by atoms with E-state index in [9.17, 15) is 0 Å². The summed E-state index contributed by atoms with van der Waals surface area (Å²) < 4.78 is 2.64. The Morgan fingerprint density at radius 3 is 2.19 bits per heavy atom. The van der Waals surface area contributed by atoms with Gasteiger partial charge in [0.25, 0.3) is 0 Å².